The van der Waals surface area contributed by atoms with Crippen LogP contribution in [0.5, 0.6) is 0 Å². The van der Waals surface area contributed by atoms with E-state index in [1.807, 2.05) is 0 Å². The summed E-state index contributed by atoms with van der Waals surface area (Å²) in [4.78, 5) is 23.8. The summed E-state index contributed by atoms with van der Waals surface area (Å²) >= 11 is 0. The van der Waals surface area contributed by atoms with E-state index in [0.29, 0.717) is 25.9 Å². The number of rotatable bonds is 2. The van der Waals surface area contributed by atoms with Crippen LogP contribution in [0.15, 0.2) is 0 Å². The van der Waals surface area contributed by atoms with Crippen molar-refractivity contribution in [2.24, 2.45) is 11.7 Å². The number of amides is 1. The fraction of sp³-hybridized carbons (Fsp3) is 0.800. The minimum atomic E-state index is -0.999. The molecule has 0 aromatic carbocycles. The van der Waals surface area contributed by atoms with Crippen molar-refractivity contribution < 1.29 is 19.4 Å². The van der Waals surface area contributed by atoms with Crippen LogP contribution in [0.1, 0.15) is 26.7 Å². The Hall–Kier alpha value is -1.30. The van der Waals surface area contributed by atoms with Crippen molar-refractivity contribution in [1.29, 1.82) is 0 Å². The van der Waals surface area contributed by atoms with Gasteiger partial charge in [-0.3, -0.25) is 10.5 Å². The fourth-order valence-electron chi connectivity index (χ4n) is 1.60. The summed E-state index contributed by atoms with van der Waals surface area (Å²) < 4.78 is 4.99. The molecule has 0 aromatic heterocycles. The van der Waals surface area contributed by atoms with Crippen LogP contribution in [0, 0.1) is 5.92 Å². The third-order valence-electron chi connectivity index (χ3n) is 2.45. The molecule has 3 N–H and O–H groups in total. The zero-order valence-corrected chi connectivity index (χ0v) is 9.60. The Morgan fingerprint density at radius 1 is 1.38 bits per heavy atom. The van der Waals surface area contributed by atoms with Gasteiger partial charge in [0.25, 0.3) is 0 Å². The second-order valence-electron chi connectivity index (χ2n) is 4.57. The van der Waals surface area contributed by atoms with Crippen LogP contribution in [-0.4, -0.2) is 40.9 Å². The molecule has 1 saturated heterocycles. The summed E-state index contributed by atoms with van der Waals surface area (Å²) in [5.74, 6) is -1.15. The lowest BCUT2D eigenvalue weighted by atomic mass is 9.97. The summed E-state index contributed by atoms with van der Waals surface area (Å²) in [6.07, 6.45) is 0.460. The lowest BCUT2D eigenvalue weighted by Crippen LogP contribution is -2.46. The predicted octanol–water partition coefficient (Wildman–Crippen LogP) is 0.614. The SMILES string of the molecule is CC(C)(N)OC(=O)N1CCC(C(=O)O)CC1. The molecule has 6 nitrogen and oxygen atoms in total. The van der Waals surface area contributed by atoms with Gasteiger partial charge in [0.1, 0.15) is 0 Å². The fourth-order valence-corrected chi connectivity index (χ4v) is 1.60. The maximum absolute atomic E-state index is 11.6. The zero-order valence-electron chi connectivity index (χ0n) is 9.60. The van der Waals surface area contributed by atoms with Crippen molar-refractivity contribution in [3.63, 3.8) is 0 Å². The van der Waals surface area contributed by atoms with E-state index in [-0.39, 0.29) is 5.92 Å². The van der Waals surface area contributed by atoms with E-state index in [2.05, 4.69) is 0 Å². The summed E-state index contributed by atoms with van der Waals surface area (Å²) in [6, 6.07) is 0. The van der Waals surface area contributed by atoms with E-state index in [4.69, 9.17) is 15.6 Å². The lowest BCUT2D eigenvalue weighted by molar-refractivity contribution is -0.143. The molecule has 1 rings (SSSR count). The molecule has 0 bridgehead atoms. The molecule has 1 aliphatic rings. The molecular formula is C10H18N2O4. The van der Waals surface area contributed by atoms with Gasteiger partial charge in [-0.05, 0) is 26.7 Å². The second-order valence-corrected chi connectivity index (χ2v) is 4.57. The smallest absolute Gasteiger partial charge is 0.411 e. The highest BCUT2D eigenvalue weighted by Gasteiger charge is 2.29. The Kier molecular flexibility index (Phi) is 3.74. The van der Waals surface area contributed by atoms with Crippen molar-refractivity contribution in [2.75, 3.05) is 13.1 Å². The van der Waals surface area contributed by atoms with Crippen LogP contribution >= 0.6 is 0 Å². The van der Waals surface area contributed by atoms with Crippen molar-refractivity contribution in [3.8, 4) is 0 Å². The van der Waals surface area contributed by atoms with Gasteiger partial charge in [0.15, 0.2) is 5.72 Å². The molecule has 0 atom stereocenters. The van der Waals surface area contributed by atoms with Crippen molar-refractivity contribution in [2.45, 2.75) is 32.4 Å². The minimum Gasteiger partial charge on any atom is -0.481 e. The second kappa shape index (κ2) is 4.69. The van der Waals surface area contributed by atoms with E-state index >= 15 is 0 Å². The number of hydrogen-bond donors (Lipinski definition) is 2. The summed E-state index contributed by atoms with van der Waals surface area (Å²) in [6.45, 7) is 4.00. The van der Waals surface area contributed by atoms with E-state index in [1.54, 1.807) is 13.8 Å². The molecule has 0 radical (unpaired) electrons. The summed E-state index contributed by atoms with van der Waals surface area (Å²) in [5.41, 5.74) is 4.56. The average Bonchev–Trinajstić information content (AvgIpc) is 2.15. The molecule has 1 heterocycles. The van der Waals surface area contributed by atoms with Crippen LogP contribution in [0.3, 0.4) is 0 Å². The molecule has 0 spiro atoms. The Morgan fingerprint density at radius 3 is 2.25 bits per heavy atom. The third-order valence-corrected chi connectivity index (χ3v) is 2.45. The molecule has 1 amide bonds. The number of carbonyl (C=O) groups is 2. The van der Waals surface area contributed by atoms with Gasteiger partial charge in [-0.15, -0.1) is 0 Å². The average molecular weight is 230 g/mol. The van der Waals surface area contributed by atoms with Gasteiger partial charge < -0.3 is 14.7 Å². The number of piperidine rings is 1. The van der Waals surface area contributed by atoms with Crippen molar-refractivity contribution >= 4 is 12.1 Å². The monoisotopic (exact) mass is 230 g/mol. The Bertz CT molecular complexity index is 277. The molecule has 0 aliphatic carbocycles. The maximum Gasteiger partial charge on any atom is 0.411 e. The maximum atomic E-state index is 11.6. The number of carbonyl (C=O) groups excluding carboxylic acids is 1. The normalized spacial score (nSPS) is 18.3. The number of carboxylic acids is 1. The Labute approximate surface area is 94.3 Å². The number of nitrogens with two attached hydrogens (primary N) is 1. The van der Waals surface area contributed by atoms with E-state index in [1.165, 1.54) is 4.90 Å². The van der Waals surface area contributed by atoms with Gasteiger partial charge in [-0.25, -0.2) is 4.79 Å². The van der Waals surface area contributed by atoms with Crippen LogP contribution in [0.4, 0.5) is 4.79 Å². The minimum absolute atomic E-state index is 0.352. The molecule has 0 unspecified atom stereocenters. The molecule has 1 aliphatic heterocycles. The van der Waals surface area contributed by atoms with Crippen molar-refractivity contribution in [1.82, 2.24) is 4.90 Å². The highest BCUT2D eigenvalue weighted by atomic mass is 16.6. The van der Waals surface area contributed by atoms with Gasteiger partial charge in [-0.2, -0.15) is 0 Å². The molecular weight excluding hydrogens is 212 g/mol. The van der Waals surface area contributed by atoms with Crippen LogP contribution in [-0.2, 0) is 9.53 Å². The van der Waals surface area contributed by atoms with Gasteiger partial charge in [0.05, 0.1) is 5.92 Å². The zero-order chi connectivity index (χ0) is 12.3. The lowest BCUT2D eigenvalue weighted by Gasteiger charge is -2.31. The predicted molar refractivity (Wildman–Crippen MR) is 56.7 cm³/mol. The van der Waals surface area contributed by atoms with E-state index in [0.717, 1.165) is 0 Å². The molecule has 0 saturated carbocycles. The number of likely N-dealkylation sites (tertiary alicyclic amines) is 1. The van der Waals surface area contributed by atoms with Gasteiger partial charge in [0, 0.05) is 13.1 Å². The topological polar surface area (TPSA) is 92.9 Å². The first-order valence-corrected chi connectivity index (χ1v) is 5.29. The van der Waals surface area contributed by atoms with Crippen LogP contribution < -0.4 is 5.73 Å². The van der Waals surface area contributed by atoms with Gasteiger partial charge in [0.2, 0.25) is 0 Å². The van der Waals surface area contributed by atoms with E-state index in [9.17, 15) is 9.59 Å². The first-order valence-electron chi connectivity index (χ1n) is 5.29. The Morgan fingerprint density at radius 2 is 1.88 bits per heavy atom. The van der Waals surface area contributed by atoms with E-state index < -0.39 is 17.8 Å². The summed E-state index contributed by atoms with van der Waals surface area (Å²) in [7, 11) is 0. The molecule has 16 heavy (non-hydrogen) atoms. The van der Waals surface area contributed by atoms with Gasteiger partial charge >= 0.3 is 12.1 Å². The molecule has 92 valence electrons. The number of aliphatic carboxylic acids is 1. The number of nitrogens with zero attached hydrogens (tertiary/aromatic N) is 1. The highest BCUT2D eigenvalue weighted by molar-refractivity contribution is 5.71. The number of ether oxygens (including phenoxy) is 1. The van der Waals surface area contributed by atoms with Crippen LogP contribution in [0.2, 0.25) is 0 Å². The first kappa shape index (κ1) is 12.8. The largest absolute Gasteiger partial charge is 0.481 e. The van der Waals surface area contributed by atoms with Crippen LogP contribution in [0.25, 0.3) is 0 Å². The standard InChI is InChI=1S/C10H18N2O4/c1-10(2,11)16-9(15)12-5-3-7(4-6-12)8(13)14/h7H,3-6,11H2,1-2H3,(H,13,14). The number of hydrogen-bond acceptors (Lipinski definition) is 4. The number of carboxylic acid groups (broad SMARTS) is 1. The van der Waals surface area contributed by atoms with Gasteiger partial charge in [-0.1, -0.05) is 0 Å². The first-order chi connectivity index (χ1) is 7.29. The molecule has 6 heteroatoms. The molecule has 0 aromatic rings. The van der Waals surface area contributed by atoms with Crippen molar-refractivity contribution in [3.05, 3.63) is 0 Å². The molecule has 1 fully saturated rings. The highest BCUT2D eigenvalue weighted by Crippen LogP contribution is 2.18. The Balaban J connectivity index is 2.42. The quantitative estimate of drug-likeness (QED) is 0.678. The summed E-state index contributed by atoms with van der Waals surface area (Å²) in [5, 5.41) is 8.79. The third kappa shape index (κ3) is 3.69.